The van der Waals surface area contributed by atoms with Crippen LogP contribution in [0.25, 0.3) is 11.3 Å². The number of primary amides is 1. The van der Waals surface area contributed by atoms with Gasteiger partial charge >= 0.3 is 0 Å². The number of amides is 1. The van der Waals surface area contributed by atoms with Crippen molar-refractivity contribution in [1.29, 1.82) is 5.26 Å². The first-order valence-corrected chi connectivity index (χ1v) is 12.2. The number of hydrogen-bond donors (Lipinski definition) is 2. The molecule has 2 saturated carbocycles. The van der Waals surface area contributed by atoms with Crippen molar-refractivity contribution in [2.24, 2.45) is 11.7 Å². The van der Waals surface area contributed by atoms with Crippen molar-refractivity contribution in [3.05, 3.63) is 60.1 Å². The Hall–Kier alpha value is -3.86. The summed E-state index contributed by atoms with van der Waals surface area (Å²) in [7, 11) is 0. The highest BCUT2D eigenvalue weighted by Gasteiger charge is 2.39. The van der Waals surface area contributed by atoms with Crippen LogP contribution in [-0.4, -0.2) is 27.5 Å². The molecule has 180 valence electrons. The van der Waals surface area contributed by atoms with Gasteiger partial charge in [0.15, 0.2) is 0 Å². The van der Waals surface area contributed by atoms with E-state index in [1.807, 2.05) is 36.4 Å². The zero-order valence-electron chi connectivity index (χ0n) is 19.6. The predicted molar refractivity (Wildman–Crippen MR) is 130 cm³/mol. The smallest absolute Gasteiger partial charge is 0.252 e. The van der Waals surface area contributed by atoms with Gasteiger partial charge in [-0.15, -0.1) is 0 Å². The minimum atomic E-state index is -0.588. The van der Waals surface area contributed by atoms with Gasteiger partial charge in [-0.3, -0.25) is 14.3 Å². The third kappa shape index (κ3) is 4.85. The van der Waals surface area contributed by atoms with E-state index >= 15 is 0 Å². The molecule has 0 unspecified atom stereocenters. The van der Waals surface area contributed by atoms with Gasteiger partial charge in [-0.1, -0.05) is 0 Å². The summed E-state index contributed by atoms with van der Waals surface area (Å²) in [5.41, 5.74) is 7.87. The van der Waals surface area contributed by atoms with E-state index in [4.69, 9.17) is 10.2 Å². The molecule has 2 heterocycles. The van der Waals surface area contributed by atoms with Gasteiger partial charge in [0.2, 0.25) is 0 Å². The van der Waals surface area contributed by atoms with Gasteiger partial charge in [0, 0.05) is 29.4 Å². The van der Waals surface area contributed by atoms with Crippen molar-refractivity contribution in [2.75, 3.05) is 5.32 Å². The molecule has 2 aliphatic rings. The van der Waals surface area contributed by atoms with E-state index in [-0.39, 0.29) is 36.1 Å². The summed E-state index contributed by atoms with van der Waals surface area (Å²) < 4.78 is 7.21. The average molecular weight is 472 g/mol. The maximum absolute atomic E-state index is 12.4. The van der Waals surface area contributed by atoms with E-state index < -0.39 is 11.4 Å². The Morgan fingerprint density at radius 3 is 2.51 bits per heavy atom. The molecule has 8 nitrogen and oxygen atoms in total. The number of nitrogens with one attached hydrogen (secondary N) is 1. The number of furan rings is 1. The second kappa shape index (κ2) is 9.41. The number of carbonyl (C=O) groups excluding carboxylic acids is 2. The quantitative estimate of drug-likeness (QED) is 0.475. The van der Waals surface area contributed by atoms with Gasteiger partial charge in [0.25, 0.3) is 5.91 Å². The zero-order chi connectivity index (χ0) is 24.4. The molecule has 0 aliphatic heterocycles. The van der Waals surface area contributed by atoms with Gasteiger partial charge in [-0.2, -0.15) is 10.4 Å². The summed E-state index contributed by atoms with van der Waals surface area (Å²) in [5.74, 6) is 0.445. The van der Waals surface area contributed by atoms with Crippen molar-refractivity contribution in [1.82, 2.24) is 9.78 Å². The molecule has 0 saturated heterocycles. The van der Waals surface area contributed by atoms with E-state index in [2.05, 4.69) is 16.5 Å². The molecule has 2 fully saturated rings. The number of Topliss-reactive ketones (excluding diaryl/α,β-unsaturated/α-hetero) is 1. The number of nitrogens with zero attached hydrogens (tertiary/aromatic N) is 3. The van der Waals surface area contributed by atoms with Crippen LogP contribution in [0.5, 0.6) is 0 Å². The fraction of sp³-hybridized carbons (Fsp3) is 0.407. The number of anilines is 1. The maximum atomic E-state index is 12.4. The lowest BCUT2D eigenvalue weighted by Gasteiger charge is -2.39. The molecular formula is C27H29N5O3. The first-order valence-electron chi connectivity index (χ1n) is 12.2. The highest BCUT2D eigenvalue weighted by Crippen LogP contribution is 2.39. The molecule has 3 N–H and O–H groups in total. The van der Waals surface area contributed by atoms with Gasteiger partial charge in [0.05, 0.1) is 42.0 Å². The van der Waals surface area contributed by atoms with Crippen molar-refractivity contribution in [3.8, 4) is 17.4 Å². The second-order valence-corrected chi connectivity index (χ2v) is 9.75. The second-order valence-electron chi connectivity index (χ2n) is 9.75. The van der Waals surface area contributed by atoms with Crippen LogP contribution < -0.4 is 11.1 Å². The van der Waals surface area contributed by atoms with Crippen molar-refractivity contribution in [3.63, 3.8) is 0 Å². The summed E-state index contributed by atoms with van der Waals surface area (Å²) in [6.07, 6.45) is 8.70. The number of ketones is 1. The molecule has 0 spiro atoms. The van der Waals surface area contributed by atoms with E-state index in [0.717, 1.165) is 55.5 Å². The predicted octanol–water partition coefficient (Wildman–Crippen LogP) is 4.43. The molecular weight excluding hydrogens is 442 g/mol. The molecule has 0 radical (unpaired) electrons. The number of benzene rings is 1. The van der Waals surface area contributed by atoms with Crippen LogP contribution in [0.15, 0.2) is 53.3 Å². The summed E-state index contributed by atoms with van der Waals surface area (Å²) in [6.45, 7) is 0. The van der Waals surface area contributed by atoms with Crippen LogP contribution in [0.4, 0.5) is 5.69 Å². The SMILES string of the molecule is N#CCC1(n2cc(C(N)=O)c(CC(=O)C3CC3)n2)CCC(Nc2ccc(-c3ccco3)cc2)CC1. The van der Waals surface area contributed by atoms with Crippen LogP contribution >= 0.6 is 0 Å². The summed E-state index contributed by atoms with van der Waals surface area (Å²) >= 11 is 0. The number of nitrogens with two attached hydrogens (primary N) is 1. The van der Waals surface area contributed by atoms with E-state index in [1.165, 1.54) is 0 Å². The van der Waals surface area contributed by atoms with Crippen LogP contribution in [-0.2, 0) is 16.8 Å². The maximum Gasteiger partial charge on any atom is 0.252 e. The zero-order valence-corrected chi connectivity index (χ0v) is 19.6. The fourth-order valence-corrected chi connectivity index (χ4v) is 5.05. The highest BCUT2D eigenvalue weighted by atomic mass is 16.3. The third-order valence-electron chi connectivity index (χ3n) is 7.30. The van der Waals surface area contributed by atoms with Crippen molar-refractivity contribution in [2.45, 2.75) is 62.9 Å². The number of aromatic nitrogens is 2. The lowest BCUT2D eigenvalue weighted by atomic mass is 9.77. The summed E-state index contributed by atoms with van der Waals surface area (Å²) in [6, 6.07) is 14.5. The van der Waals surface area contributed by atoms with E-state index in [0.29, 0.717) is 5.69 Å². The number of hydrogen-bond acceptors (Lipinski definition) is 6. The molecule has 35 heavy (non-hydrogen) atoms. The molecule has 0 bridgehead atoms. The van der Waals surface area contributed by atoms with Crippen LogP contribution in [0, 0.1) is 17.2 Å². The molecule has 8 heteroatoms. The van der Waals surface area contributed by atoms with E-state index in [9.17, 15) is 14.9 Å². The van der Waals surface area contributed by atoms with E-state index in [1.54, 1.807) is 17.1 Å². The molecule has 1 amide bonds. The van der Waals surface area contributed by atoms with Gasteiger partial charge in [-0.05, 0) is 74.9 Å². The number of nitriles is 1. The molecule has 2 aromatic heterocycles. The minimum absolute atomic E-state index is 0.0867. The number of rotatable bonds is 9. The Morgan fingerprint density at radius 1 is 1.17 bits per heavy atom. The lowest BCUT2D eigenvalue weighted by molar-refractivity contribution is -0.119. The van der Waals surface area contributed by atoms with Gasteiger partial charge < -0.3 is 15.5 Å². The minimum Gasteiger partial charge on any atom is -0.464 e. The Morgan fingerprint density at radius 2 is 1.91 bits per heavy atom. The number of carbonyl (C=O) groups is 2. The standard InChI is InChI=1S/C27H29N5O3/c28-14-13-27(32-17-22(26(29)34)23(31-32)16-24(33)18-3-4-18)11-9-21(10-12-27)30-20-7-5-19(6-8-20)25-2-1-15-35-25/h1-2,5-8,15,17-18,21,30H,3-4,9-13,16H2,(H2,29,34). The first-order chi connectivity index (χ1) is 17.0. The molecule has 2 aliphatic carbocycles. The summed E-state index contributed by atoms with van der Waals surface area (Å²) in [5, 5.41) is 17.9. The topological polar surface area (TPSA) is 127 Å². The average Bonchev–Trinajstić information content (AvgIpc) is 3.39. The molecule has 3 aromatic rings. The fourth-order valence-electron chi connectivity index (χ4n) is 5.05. The molecule has 5 rings (SSSR count). The third-order valence-corrected chi connectivity index (χ3v) is 7.30. The van der Waals surface area contributed by atoms with Crippen LogP contribution in [0.2, 0.25) is 0 Å². The Bertz CT molecular complexity index is 1240. The van der Waals surface area contributed by atoms with Crippen molar-refractivity contribution >= 4 is 17.4 Å². The monoisotopic (exact) mass is 471 g/mol. The highest BCUT2D eigenvalue weighted by molar-refractivity contribution is 5.95. The Kier molecular flexibility index (Phi) is 6.16. The normalized spacial score (nSPS) is 21.9. The van der Waals surface area contributed by atoms with Crippen molar-refractivity contribution < 1.29 is 14.0 Å². The first kappa shape index (κ1) is 22.9. The molecule has 0 atom stereocenters. The lowest BCUT2D eigenvalue weighted by Crippen LogP contribution is -2.41. The van der Waals surface area contributed by atoms with Gasteiger partial charge in [0.1, 0.15) is 11.5 Å². The van der Waals surface area contributed by atoms with Crippen LogP contribution in [0.1, 0.15) is 61.0 Å². The Balaban J connectivity index is 1.28. The van der Waals surface area contributed by atoms with Gasteiger partial charge in [-0.25, -0.2) is 0 Å². The largest absolute Gasteiger partial charge is 0.464 e. The molecule has 1 aromatic carbocycles. The summed E-state index contributed by atoms with van der Waals surface area (Å²) in [4.78, 5) is 24.5. The Labute approximate surface area is 204 Å². The van der Waals surface area contributed by atoms with Crippen LogP contribution in [0.3, 0.4) is 0 Å².